The minimum atomic E-state index is -0.401. The highest BCUT2D eigenvalue weighted by Crippen LogP contribution is 1.98. The summed E-state index contributed by atoms with van der Waals surface area (Å²) in [4.78, 5) is 11.0. The average molecular weight is 249 g/mol. The van der Waals surface area contributed by atoms with Gasteiger partial charge in [-0.05, 0) is 6.07 Å². The molecule has 0 aliphatic heterocycles. The lowest BCUT2D eigenvalue weighted by atomic mass is 10.2. The number of carbonyl (C=O) groups excluding carboxylic acids is 1. The number of hydrogen-bond acceptors (Lipinski definition) is 1. The Bertz CT molecular complexity index is 500. The standard InChI is InChI=1S/C13H12N2O.ClH/c14-13(16)12-7-4-8-15(10-12)9-11-5-2-1-3-6-11;/h1-8,10H,9H2,(H-,14,16);1H. The Kier molecular flexibility index (Phi) is 4.67. The van der Waals surface area contributed by atoms with Crippen molar-refractivity contribution in [2.45, 2.75) is 6.54 Å². The number of nitrogens with zero attached hydrogens (tertiary/aromatic N) is 1. The molecule has 1 aromatic heterocycles. The third-order valence-electron chi connectivity index (χ3n) is 2.35. The molecule has 0 spiro atoms. The monoisotopic (exact) mass is 248 g/mol. The van der Waals surface area contributed by atoms with Gasteiger partial charge in [-0.3, -0.25) is 4.79 Å². The van der Waals surface area contributed by atoms with Crippen molar-refractivity contribution in [2.75, 3.05) is 0 Å². The zero-order valence-corrected chi connectivity index (χ0v) is 9.97. The summed E-state index contributed by atoms with van der Waals surface area (Å²) in [5, 5.41) is 0. The first kappa shape index (κ1) is 13.2. The first-order chi connectivity index (χ1) is 7.75. The fourth-order valence-corrected chi connectivity index (χ4v) is 1.56. The quantitative estimate of drug-likeness (QED) is 0.636. The lowest BCUT2D eigenvalue weighted by Gasteiger charge is -1.98. The van der Waals surface area contributed by atoms with Crippen molar-refractivity contribution in [3.8, 4) is 0 Å². The van der Waals surface area contributed by atoms with E-state index >= 15 is 0 Å². The molecular weight excluding hydrogens is 236 g/mol. The first-order valence-corrected chi connectivity index (χ1v) is 5.08. The SMILES string of the molecule is NC(=O)c1ccc[n+](Cc2ccccc2)c1.[Cl-]. The smallest absolute Gasteiger partial charge is 0.254 e. The van der Waals surface area contributed by atoms with Crippen molar-refractivity contribution < 1.29 is 21.8 Å². The molecule has 0 fully saturated rings. The predicted molar refractivity (Wildman–Crippen MR) is 60.7 cm³/mol. The lowest BCUT2D eigenvalue weighted by Crippen LogP contribution is -3.00. The van der Waals surface area contributed by atoms with Gasteiger partial charge in [-0.1, -0.05) is 30.3 Å². The zero-order chi connectivity index (χ0) is 11.4. The molecule has 2 N–H and O–H groups in total. The molecule has 0 aliphatic rings. The van der Waals surface area contributed by atoms with Crippen LogP contribution >= 0.6 is 0 Å². The summed E-state index contributed by atoms with van der Waals surface area (Å²) >= 11 is 0. The molecule has 3 nitrogen and oxygen atoms in total. The Morgan fingerprint density at radius 3 is 2.47 bits per heavy atom. The summed E-state index contributed by atoms with van der Waals surface area (Å²) in [7, 11) is 0. The number of benzene rings is 1. The number of rotatable bonds is 3. The number of amides is 1. The van der Waals surface area contributed by atoms with Gasteiger partial charge in [0.1, 0.15) is 5.56 Å². The summed E-state index contributed by atoms with van der Waals surface area (Å²) in [6, 6.07) is 13.6. The third kappa shape index (κ3) is 3.57. The van der Waals surface area contributed by atoms with Crippen LogP contribution in [0.1, 0.15) is 15.9 Å². The van der Waals surface area contributed by atoms with Crippen LogP contribution in [-0.2, 0) is 6.54 Å². The van der Waals surface area contributed by atoms with Crippen LogP contribution in [0.2, 0.25) is 0 Å². The molecule has 17 heavy (non-hydrogen) atoms. The number of nitrogens with two attached hydrogens (primary N) is 1. The molecule has 1 amide bonds. The molecule has 0 radical (unpaired) electrons. The molecule has 1 aromatic carbocycles. The second-order valence-electron chi connectivity index (χ2n) is 3.61. The number of hydrogen-bond donors (Lipinski definition) is 1. The number of pyridine rings is 1. The van der Waals surface area contributed by atoms with Crippen molar-refractivity contribution in [2.24, 2.45) is 5.73 Å². The maximum atomic E-state index is 11.0. The Morgan fingerprint density at radius 1 is 1.12 bits per heavy atom. The van der Waals surface area contributed by atoms with Crippen LogP contribution in [0.4, 0.5) is 0 Å². The molecule has 88 valence electrons. The maximum absolute atomic E-state index is 11.0. The Labute approximate surface area is 106 Å². The highest BCUT2D eigenvalue weighted by Gasteiger charge is 2.07. The van der Waals surface area contributed by atoms with E-state index in [4.69, 9.17) is 5.73 Å². The largest absolute Gasteiger partial charge is 1.00 e. The van der Waals surface area contributed by atoms with Gasteiger partial charge in [-0.25, -0.2) is 0 Å². The van der Waals surface area contributed by atoms with Gasteiger partial charge in [-0.15, -0.1) is 0 Å². The maximum Gasteiger partial charge on any atom is 0.254 e. The van der Waals surface area contributed by atoms with Crippen LogP contribution in [0.5, 0.6) is 0 Å². The van der Waals surface area contributed by atoms with Crippen LogP contribution in [0.15, 0.2) is 54.9 Å². The predicted octanol–water partition coefficient (Wildman–Crippen LogP) is -1.87. The van der Waals surface area contributed by atoms with Gasteiger partial charge in [0.15, 0.2) is 18.9 Å². The van der Waals surface area contributed by atoms with Gasteiger partial charge >= 0.3 is 0 Å². The topological polar surface area (TPSA) is 47.0 Å². The van der Waals surface area contributed by atoms with E-state index in [1.165, 1.54) is 5.56 Å². The van der Waals surface area contributed by atoms with Crippen LogP contribution in [0.3, 0.4) is 0 Å². The normalized spacial score (nSPS) is 9.41. The van der Waals surface area contributed by atoms with E-state index in [9.17, 15) is 4.79 Å². The second kappa shape index (κ2) is 6.01. The van der Waals surface area contributed by atoms with Crippen LogP contribution < -0.4 is 22.7 Å². The Morgan fingerprint density at radius 2 is 1.82 bits per heavy atom. The molecular formula is C13H13ClN2O. The van der Waals surface area contributed by atoms with Crippen molar-refractivity contribution in [1.29, 1.82) is 0 Å². The first-order valence-electron chi connectivity index (χ1n) is 5.08. The third-order valence-corrected chi connectivity index (χ3v) is 2.35. The van der Waals surface area contributed by atoms with Crippen molar-refractivity contribution in [3.05, 3.63) is 66.0 Å². The number of carbonyl (C=O) groups is 1. The number of aromatic nitrogens is 1. The van der Waals surface area contributed by atoms with Crippen LogP contribution in [0, 0.1) is 0 Å². The minimum absolute atomic E-state index is 0. The fourth-order valence-electron chi connectivity index (χ4n) is 1.56. The summed E-state index contributed by atoms with van der Waals surface area (Å²) < 4.78 is 1.94. The highest BCUT2D eigenvalue weighted by atomic mass is 35.5. The fraction of sp³-hybridized carbons (Fsp3) is 0.0769. The summed E-state index contributed by atoms with van der Waals surface area (Å²) in [5.41, 5.74) is 6.94. The minimum Gasteiger partial charge on any atom is -1.00 e. The molecule has 0 aliphatic carbocycles. The van der Waals surface area contributed by atoms with E-state index in [1.54, 1.807) is 12.3 Å². The van der Waals surface area contributed by atoms with E-state index in [2.05, 4.69) is 0 Å². The van der Waals surface area contributed by atoms with Crippen molar-refractivity contribution in [3.63, 3.8) is 0 Å². The number of primary amides is 1. The Hall–Kier alpha value is -1.87. The molecule has 0 saturated carbocycles. The van der Waals surface area contributed by atoms with Gasteiger partial charge < -0.3 is 18.1 Å². The summed E-state index contributed by atoms with van der Waals surface area (Å²) in [6.45, 7) is 0.738. The zero-order valence-electron chi connectivity index (χ0n) is 9.21. The average Bonchev–Trinajstić information content (AvgIpc) is 2.30. The van der Waals surface area contributed by atoms with Gasteiger partial charge in [0.05, 0.1) is 0 Å². The summed E-state index contributed by atoms with van der Waals surface area (Å²) in [5.74, 6) is -0.401. The van der Waals surface area contributed by atoms with Gasteiger partial charge in [-0.2, -0.15) is 4.57 Å². The van der Waals surface area contributed by atoms with Gasteiger partial charge in [0, 0.05) is 11.6 Å². The van der Waals surface area contributed by atoms with Crippen LogP contribution in [0.25, 0.3) is 0 Å². The molecule has 2 rings (SSSR count). The molecule has 0 saturated heterocycles. The van der Waals surface area contributed by atoms with E-state index < -0.39 is 5.91 Å². The lowest BCUT2D eigenvalue weighted by molar-refractivity contribution is -0.688. The molecule has 1 heterocycles. The van der Waals surface area contributed by atoms with Gasteiger partial charge in [0.2, 0.25) is 0 Å². The molecule has 4 heteroatoms. The van der Waals surface area contributed by atoms with E-state index in [0.29, 0.717) is 5.56 Å². The van der Waals surface area contributed by atoms with Gasteiger partial charge in [0.25, 0.3) is 5.91 Å². The van der Waals surface area contributed by atoms with Crippen molar-refractivity contribution >= 4 is 5.91 Å². The molecule has 2 aromatic rings. The number of halogens is 1. The van der Waals surface area contributed by atoms with Crippen molar-refractivity contribution in [1.82, 2.24) is 0 Å². The molecule has 0 unspecified atom stereocenters. The summed E-state index contributed by atoms with van der Waals surface area (Å²) in [6.07, 6.45) is 3.68. The molecule has 0 bridgehead atoms. The second-order valence-corrected chi connectivity index (χ2v) is 3.61. The van der Waals surface area contributed by atoms with Crippen LogP contribution in [-0.4, -0.2) is 5.91 Å². The van der Waals surface area contributed by atoms with E-state index in [-0.39, 0.29) is 12.4 Å². The van der Waals surface area contributed by atoms with E-state index in [0.717, 1.165) is 6.54 Å². The Balaban J connectivity index is 0.00000144. The highest BCUT2D eigenvalue weighted by molar-refractivity contribution is 5.92. The molecule has 0 atom stereocenters. The van der Waals surface area contributed by atoms with E-state index in [1.807, 2.05) is 47.2 Å².